The number of aromatic nitrogens is 4. The lowest BCUT2D eigenvalue weighted by Crippen LogP contribution is -2.47. The number of nitrogens with one attached hydrogen (secondary N) is 2. The van der Waals surface area contributed by atoms with Crippen molar-refractivity contribution in [1.82, 2.24) is 24.6 Å². The van der Waals surface area contributed by atoms with Crippen LogP contribution in [-0.2, 0) is 14.3 Å². The molecule has 0 unspecified atom stereocenters. The smallest absolute Gasteiger partial charge is 0.263 e. The van der Waals surface area contributed by atoms with Gasteiger partial charge in [0.25, 0.3) is 5.56 Å². The molecule has 2 aliphatic heterocycles. The zero-order valence-corrected chi connectivity index (χ0v) is 15.3. The Morgan fingerprint density at radius 2 is 1.96 bits per heavy atom. The summed E-state index contributed by atoms with van der Waals surface area (Å²) in [5, 5.41) is 7.84. The normalized spacial score (nSPS) is 20.0. The van der Waals surface area contributed by atoms with E-state index in [1.807, 2.05) is 0 Å². The number of carbonyl (C=O) groups is 1. The third-order valence-electron chi connectivity index (χ3n) is 5.05. The van der Waals surface area contributed by atoms with Crippen LogP contribution in [0.4, 0.5) is 5.95 Å². The lowest BCUT2D eigenvalue weighted by molar-refractivity contribution is -0.135. The Balaban J connectivity index is 1.56. The van der Waals surface area contributed by atoms with Crippen molar-refractivity contribution in [3.63, 3.8) is 0 Å². The van der Waals surface area contributed by atoms with Crippen LogP contribution in [0.15, 0.2) is 11.0 Å². The lowest BCUT2D eigenvalue weighted by atomic mass is 10.1. The number of amides is 1. The highest BCUT2D eigenvalue weighted by Crippen LogP contribution is 2.23. The van der Waals surface area contributed by atoms with Gasteiger partial charge in [0, 0.05) is 26.3 Å². The molecule has 2 saturated heterocycles. The van der Waals surface area contributed by atoms with Crippen LogP contribution < -0.4 is 10.9 Å². The average Bonchev–Trinajstić information content (AvgIpc) is 3.13. The average molecular weight is 376 g/mol. The molecule has 2 aliphatic rings. The van der Waals surface area contributed by atoms with E-state index in [9.17, 15) is 9.59 Å². The molecule has 4 rings (SSSR count). The summed E-state index contributed by atoms with van der Waals surface area (Å²) in [6.07, 6.45) is 3.21. The summed E-state index contributed by atoms with van der Waals surface area (Å²) >= 11 is 0. The first-order valence-corrected chi connectivity index (χ1v) is 9.32. The Morgan fingerprint density at radius 3 is 2.70 bits per heavy atom. The van der Waals surface area contributed by atoms with Crippen LogP contribution in [0.5, 0.6) is 0 Å². The number of hydrogen-bond acceptors (Lipinski definition) is 7. The van der Waals surface area contributed by atoms with Crippen molar-refractivity contribution < 1.29 is 14.3 Å². The van der Waals surface area contributed by atoms with Crippen molar-refractivity contribution >= 4 is 22.9 Å². The molecule has 1 atom stereocenters. The van der Waals surface area contributed by atoms with Gasteiger partial charge in [0.2, 0.25) is 11.9 Å². The van der Waals surface area contributed by atoms with E-state index < -0.39 is 6.04 Å². The fraction of sp³-hybridized carbons (Fsp3) is 0.647. The molecule has 2 aromatic rings. The second-order valence-corrected chi connectivity index (χ2v) is 6.89. The number of ether oxygens (including phenoxy) is 2. The molecule has 146 valence electrons. The minimum Gasteiger partial charge on any atom is -0.381 e. The molecule has 27 heavy (non-hydrogen) atoms. The second kappa shape index (κ2) is 7.65. The molecule has 0 aromatic carbocycles. The van der Waals surface area contributed by atoms with Crippen LogP contribution in [0.2, 0.25) is 0 Å². The van der Waals surface area contributed by atoms with Gasteiger partial charge in [0.1, 0.15) is 11.4 Å². The zero-order valence-electron chi connectivity index (χ0n) is 15.3. The molecular formula is C17H24N6O4. The van der Waals surface area contributed by atoms with Gasteiger partial charge in [-0.2, -0.15) is 10.1 Å². The van der Waals surface area contributed by atoms with Gasteiger partial charge in [0.05, 0.1) is 25.5 Å². The molecule has 0 bridgehead atoms. The summed E-state index contributed by atoms with van der Waals surface area (Å²) in [6, 6.07) is -0.353. The van der Waals surface area contributed by atoms with Crippen molar-refractivity contribution in [2.75, 3.05) is 44.8 Å². The maximum atomic E-state index is 12.6. The molecule has 0 aliphatic carbocycles. The Morgan fingerprint density at radius 1 is 1.26 bits per heavy atom. The van der Waals surface area contributed by atoms with Crippen LogP contribution in [-0.4, -0.2) is 76.1 Å². The number of anilines is 1. The molecule has 2 fully saturated rings. The van der Waals surface area contributed by atoms with Gasteiger partial charge in [-0.15, -0.1) is 0 Å². The van der Waals surface area contributed by atoms with Crippen molar-refractivity contribution in [3.05, 3.63) is 16.6 Å². The van der Waals surface area contributed by atoms with Crippen molar-refractivity contribution in [1.29, 1.82) is 0 Å². The quantitative estimate of drug-likeness (QED) is 0.779. The number of carbonyl (C=O) groups excluding carboxylic acids is 1. The third-order valence-corrected chi connectivity index (χ3v) is 5.05. The first-order valence-electron chi connectivity index (χ1n) is 9.32. The van der Waals surface area contributed by atoms with E-state index in [2.05, 4.69) is 20.4 Å². The predicted octanol–water partition coefficient (Wildman–Crippen LogP) is 0.130. The number of hydrogen-bond donors (Lipinski definition) is 2. The van der Waals surface area contributed by atoms with Crippen molar-refractivity contribution in [3.8, 4) is 0 Å². The van der Waals surface area contributed by atoms with Gasteiger partial charge >= 0.3 is 0 Å². The molecular weight excluding hydrogens is 352 g/mol. The fourth-order valence-corrected chi connectivity index (χ4v) is 3.53. The standard InChI is InChI=1S/C17H24N6O4/c1-11(16(25)22-4-8-27-9-5-22)19-17-20-14-13(15(24)21-17)10-18-23(14)12-2-6-26-7-3-12/h10-12H,2-9H2,1H3,(H2,19,20,21,24)/t11-/m1/s1. The highest BCUT2D eigenvalue weighted by molar-refractivity contribution is 5.84. The van der Waals surface area contributed by atoms with E-state index in [0.717, 1.165) is 12.8 Å². The molecule has 0 radical (unpaired) electrons. The van der Waals surface area contributed by atoms with E-state index in [1.165, 1.54) is 0 Å². The molecule has 10 nitrogen and oxygen atoms in total. The molecule has 4 heterocycles. The van der Waals surface area contributed by atoms with Crippen molar-refractivity contribution in [2.45, 2.75) is 31.8 Å². The van der Waals surface area contributed by atoms with Crippen LogP contribution in [0, 0.1) is 0 Å². The third kappa shape index (κ3) is 3.67. The van der Waals surface area contributed by atoms with Crippen LogP contribution in [0.1, 0.15) is 25.8 Å². The minimum absolute atomic E-state index is 0.0426. The van der Waals surface area contributed by atoms with Crippen LogP contribution >= 0.6 is 0 Å². The molecule has 2 aromatic heterocycles. The van der Waals surface area contributed by atoms with Crippen LogP contribution in [0.25, 0.3) is 11.0 Å². The minimum atomic E-state index is -0.511. The SMILES string of the molecule is C[C@@H](Nc1nc2c(cnn2C2CCOCC2)c(=O)[nH]1)C(=O)N1CCOCC1. The second-order valence-electron chi connectivity index (χ2n) is 6.89. The summed E-state index contributed by atoms with van der Waals surface area (Å²) in [5.74, 6) is 0.231. The van der Waals surface area contributed by atoms with E-state index in [-0.39, 0.29) is 23.5 Å². The van der Waals surface area contributed by atoms with Gasteiger partial charge < -0.3 is 19.7 Å². The van der Waals surface area contributed by atoms with E-state index in [0.29, 0.717) is 50.6 Å². The first kappa shape index (κ1) is 17.9. The summed E-state index contributed by atoms with van der Waals surface area (Å²) in [6.45, 7) is 5.34. The topological polar surface area (TPSA) is 114 Å². The maximum Gasteiger partial charge on any atom is 0.263 e. The molecule has 1 amide bonds. The maximum absolute atomic E-state index is 12.6. The largest absolute Gasteiger partial charge is 0.381 e. The predicted molar refractivity (Wildman–Crippen MR) is 97.7 cm³/mol. The molecule has 0 saturated carbocycles. The summed E-state index contributed by atoms with van der Waals surface area (Å²) in [4.78, 5) is 34.0. The molecule has 2 N–H and O–H groups in total. The molecule has 0 spiro atoms. The number of nitrogens with zero attached hydrogens (tertiary/aromatic N) is 4. The Hall–Kier alpha value is -2.46. The van der Waals surface area contributed by atoms with Gasteiger partial charge in [-0.3, -0.25) is 14.6 Å². The summed E-state index contributed by atoms with van der Waals surface area (Å²) in [5.41, 5.74) is 0.256. The highest BCUT2D eigenvalue weighted by atomic mass is 16.5. The van der Waals surface area contributed by atoms with Gasteiger partial charge in [-0.05, 0) is 19.8 Å². The summed E-state index contributed by atoms with van der Waals surface area (Å²) in [7, 11) is 0. The number of H-pyrrole nitrogens is 1. The van der Waals surface area contributed by atoms with Crippen molar-refractivity contribution in [2.24, 2.45) is 0 Å². The fourth-order valence-electron chi connectivity index (χ4n) is 3.53. The van der Waals surface area contributed by atoms with Gasteiger partial charge in [0.15, 0.2) is 5.65 Å². The molecule has 10 heteroatoms. The number of rotatable bonds is 4. The Kier molecular flexibility index (Phi) is 5.08. The highest BCUT2D eigenvalue weighted by Gasteiger charge is 2.24. The monoisotopic (exact) mass is 376 g/mol. The van der Waals surface area contributed by atoms with Crippen LogP contribution in [0.3, 0.4) is 0 Å². The van der Waals surface area contributed by atoms with Gasteiger partial charge in [-0.25, -0.2) is 4.68 Å². The zero-order chi connectivity index (χ0) is 18.8. The van der Waals surface area contributed by atoms with E-state index in [1.54, 1.807) is 22.7 Å². The van der Waals surface area contributed by atoms with E-state index in [4.69, 9.17) is 9.47 Å². The van der Waals surface area contributed by atoms with Gasteiger partial charge in [-0.1, -0.05) is 0 Å². The van der Waals surface area contributed by atoms with E-state index >= 15 is 0 Å². The summed E-state index contributed by atoms with van der Waals surface area (Å²) < 4.78 is 12.5. The Labute approximate surface area is 155 Å². The Bertz CT molecular complexity index is 866. The lowest BCUT2D eigenvalue weighted by Gasteiger charge is -2.29. The number of aromatic amines is 1. The number of fused-ring (bicyclic) bond motifs is 1. The number of morpholine rings is 1. The first-order chi connectivity index (χ1) is 13.1.